The summed E-state index contributed by atoms with van der Waals surface area (Å²) in [6, 6.07) is 17.9. The fourth-order valence-corrected chi connectivity index (χ4v) is 4.64. The number of nitrogens with zero attached hydrogens (tertiary/aromatic N) is 1. The van der Waals surface area contributed by atoms with Crippen molar-refractivity contribution in [2.24, 2.45) is 0 Å². The lowest BCUT2D eigenvalue weighted by molar-refractivity contribution is -0.123. The average molecular weight is 549 g/mol. The fraction of sp³-hybridized carbons (Fsp3) is 0.0800. The van der Waals surface area contributed by atoms with Crippen molar-refractivity contribution in [1.29, 1.82) is 0 Å². The molecular weight excluding hydrogens is 533 g/mol. The maximum atomic E-state index is 12.7. The third-order valence-corrected chi connectivity index (χ3v) is 6.59. The summed E-state index contributed by atoms with van der Waals surface area (Å²) in [4.78, 5) is 38.8. The van der Waals surface area contributed by atoms with Crippen LogP contribution in [0.5, 0.6) is 11.5 Å². The highest BCUT2D eigenvalue weighted by molar-refractivity contribution is 8.18. The van der Waals surface area contributed by atoms with E-state index in [0.29, 0.717) is 27.1 Å². The van der Waals surface area contributed by atoms with Gasteiger partial charge in [-0.05, 0) is 65.9 Å². The second-order valence-corrected chi connectivity index (χ2v) is 9.44. The molecule has 35 heavy (non-hydrogen) atoms. The normalized spacial score (nSPS) is 14.5. The molecule has 0 aliphatic carbocycles. The molecule has 0 spiro atoms. The molecule has 0 radical (unpaired) electrons. The second kappa shape index (κ2) is 11.2. The summed E-state index contributed by atoms with van der Waals surface area (Å²) in [6.45, 7) is 0.210. The molecule has 0 atom stereocenters. The van der Waals surface area contributed by atoms with Gasteiger partial charge in [0.05, 0.1) is 27.1 Å². The van der Waals surface area contributed by atoms with Crippen LogP contribution >= 0.6 is 46.6 Å². The fourth-order valence-electron chi connectivity index (χ4n) is 3.10. The van der Waals surface area contributed by atoms with E-state index < -0.39 is 11.9 Å². The van der Waals surface area contributed by atoms with Gasteiger partial charge in [-0.2, -0.15) is 0 Å². The molecule has 6 nitrogen and oxygen atoms in total. The summed E-state index contributed by atoms with van der Waals surface area (Å²) in [5, 5.41) is 0.668. The van der Waals surface area contributed by atoms with E-state index in [9.17, 15) is 14.4 Å². The van der Waals surface area contributed by atoms with Gasteiger partial charge >= 0.3 is 5.97 Å². The lowest BCUT2D eigenvalue weighted by atomic mass is 10.2. The summed E-state index contributed by atoms with van der Waals surface area (Å²) < 4.78 is 10.9. The molecule has 4 rings (SSSR count). The van der Waals surface area contributed by atoms with E-state index in [4.69, 9.17) is 44.3 Å². The van der Waals surface area contributed by atoms with Crippen molar-refractivity contribution >= 4 is 69.8 Å². The largest absolute Gasteiger partial charge is 0.490 e. The zero-order valence-electron chi connectivity index (χ0n) is 17.9. The van der Waals surface area contributed by atoms with Crippen LogP contribution in [0, 0.1) is 0 Å². The number of esters is 1. The number of halogens is 3. The lowest BCUT2D eigenvalue weighted by Crippen LogP contribution is -2.32. The number of thioether (sulfide) groups is 1. The maximum Gasteiger partial charge on any atom is 0.345 e. The Balaban J connectivity index is 1.36. The Morgan fingerprint density at radius 1 is 0.943 bits per heavy atom. The smallest absolute Gasteiger partial charge is 0.345 e. The zero-order chi connectivity index (χ0) is 24.9. The quantitative estimate of drug-likeness (QED) is 0.180. The minimum Gasteiger partial charge on any atom is -0.490 e. The molecule has 10 heteroatoms. The summed E-state index contributed by atoms with van der Waals surface area (Å²) in [5.74, 6) is -0.256. The van der Waals surface area contributed by atoms with Gasteiger partial charge in [0.1, 0.15) is 18.1 Å². The SMILES string of the molecule is O=C(Oc1ccc(/C=C2\SC(=O)N(CCOc3ccccc3Cl)C2=O)cc1)c1ccc(Cl)cc1Cl. The number of para-hydroxylation sites is 1. The Kier molecular flexibility index (Phi) is 8.03. The van der Waals surface area contributed by atoms with Gasteiger partial charge in [0.15, 0.2) is 0 Å². The number of imide groups is 1. The number of hydrogen-bond acceptors (Lipinski definition) is 6. The monoisotopic (exact) mass is 547 g/mol. The molecule has 0 bridgehead atoms. The number of hydrogen-bond donors (Lipinski definition) is 0. The first-order valence-electron chi connectivity index (χ1n) is 10.2. The van der Waals surface area contributed by atoms with Gasteiger partial charge in [-0.25, -0.2) is 4.79 Å². The van der Waals surface area contributed by atoms with Crippen molar-refractivity contribution in [3.05, 3.63) is 97.8 Å². The van der Waals surface area contributed by atoms with E-state index in [1.807, 2.05) is 0 Å². The molecule has 1 saturated heterocycles. The van der Waals surface area contributed by atoms with Crippen LogP contribution in [-0.4, -0.2) is 35.2 Å². The second-order valence-electron chi connectivity index (χ2n) is 7.19. The molecule has 0 unspecified atom stereocenters. The Morgan fingerprint density at radius 2 is 1.69 bits per heavy atom. The Hall–Kier alpha value is -2.97. The van der Waals surface area contributed by atoms with Crippen molar-refractivity contribution < 1.29 is 23.9 Å². The number of carbonyl (C=O) groups excluding carboxylic acids is 3. The third-order valence-electron chi connectivity index (χ3n) is 4.82. The first kappa shape index (κ1) is 25.1. The highest BCUT2D eigenvalue weighted by Gasteiger charge is 2.34. The van der Waals surface area contributed by atoms with Crippen LogP contribution in [0.3, 0.4) is 0 Å². The van der Waals surface area contributed by atoms with Gasteiger partial charge in [0, 0.05) is 5.02 Å². The summed E-state index contributed by atoms with van der Waals surface area (Å²) in [7, 11) is 0. The van der Waals surface area contributed by atoms with Gasteiger partial charge in [0.2, 0.25) is 0 Å². The van der Waals surface area contributed by atoms with Crippen molar-refractivity contribution in [3.63, 3.8) is 0 Å². The van der Waals surface area contributed by atoms with Crippen LogP contribution < -0.4 is 9.47 Å². The molecule has 0 saturated carbocycles. The van der Waals surface area contributed by atoms with Crippen LogP contribution in [0.25, 0.3) is 6.08 Å². The number of amides is 2. The van der Waals surface area contributed by atoms with Crippen LogP contribution in [0.15, 0.2) is 71.6 Å². The third kappa shape index (κ3) is 6.18. The average Bonchev–Trinajstić information content (AvgIpc) is 3.08. The Morgan fingerprint density at radius 3 is 2.40 bits per heavy atom. The molecular formula is C25H16Cl3NO5S. The first-order valence-corrected chi connectivity index (χ1v) is 12.2. The van der Waals surface area contributed by atoms with Gasteiger partial charge in [-0.15, -0.1) is 0 Å². The van der Waals surface area contributed by atoms with Crippen LogP contribution in [0.2, 0.25) is 15.1 Å². The predicted octanol–water partition coefficient (Wildman–Crippen LogP) is 6.98. The molecule has 1 fully saturated rings. The minimum atomic E-state index is -0.625. The predicted molar refractivity (Wildman–Crippen MR) is 137 cm³/mol. The minimum absolute atomic E-state index is 0.0926. The van der Waals surface area contributed by atoms with Gasteiger partial charge in [-0.1, -0.05) is 59.1 Å². The topological polar surface area (TPSA) is 72.9 Å². The molecule has 1 aliphatic rings. The van der Waals surface area contributed by atoms with Gasteiger partial charge < -0.3 is 9.47 Å². The maximum absolute atomic E-state index is 12.7. The lowest BCUT2D eigenvalue weighted by Gasteiger charge is -2.13. The Bertz CT molecular complexity index is 1330. The molecule has 0 aromatic heterocycles. The number of rotatable bonds is 7. The van der Waals surface area contributed by atoms with E-state index >= 15 is 0 Å². The summed E-state index contributed by atoms with van der Waals surface area (Å²) in [5.41, 5.74) is 0.847. The van der Waals surface area contributed by atoms with Crippen molar-refractivity contribution in [3.8, 4) is 11.5 Å². The van der Waals surface area contributed by atoms with Crippen molar-refractivity contribution in [1.82, 2.24) is 4.90 Å². The highest BCUT2D eigenvalue weighted by atomic mass is 35.5. The van der Waals surface area contributed by atoms with Gasteiger partial charge in [-0.3, -0.25) is 14.5 Å². The molecule has 178 valence electrons. The van der Waals surface area contributed by atoms with E-state index in [2.05, 4.69) is 0 Å². The van der Waals surface area contributed by atoms with E-state index in [0.717, 1.165) is 16.7 Å². The molecule has 1 aliphatic heterocycles. The van der Waals surface area contributed by atoms with Crippen LogP contribution in [0.4, 0.5) is 4.79 Å². The van der Waals surface area contributed by atoms with Crippen molar-refractivity contribution in [2.45, 2.75) is 0 Å². The first-order chi connectivity index (χ1) is 16.8. The van der Waals surface area contributed by atoms with E-state index in [1.54, 1.807) is 60.7 Å². The molecule has 1 heterocycles. The summed E-state index contributed by atoms with van der Waals surface area (Å²) >= 11 is 18.8. The Labute approximate surface area is 220 Å². The molecule has 3 aromatic carbocycles. The van der Waals surface area contributed by atoms with Crippen molar-refractivity contribution in [2.75, 3.05) is 13.2 Å². The van der Waals surface area contributed by atoms with Crippen LogP contribution in [-0.2, 0) is 4.79 Å². The molecule has 0 N–H and O–H groups in total. The van der Waals surface area contributed by atoms with E-state index in [1.165, 1.54) is 12.1 Å². The summed E-state index contributed by atoms with van der Waals surface area (Å²) in [6.07, 6.45) is 1.60. The standard InChI is InChI=1S/C25H16Cl3NO5S/c26-16-7-10-18(20(28)14-16)24(31)34-17-8-5-15(6-9-17)13-22-23(30)29(25(32)35-22)11-12-33-21-4-2-1-3-19(21)27/h1-10,13-14H,11-12H2/b22-13-. The molecule has 3 aromatic rings. The number of carbonyl (C=O) groups is 3. The van der Waals surface area contributed by atoms with Gasteiger partial charge in [0.25, 0.3) is 11.1 Å². The van der Waals surface area contributed by atoms with Crippen LogP contribution in [0.1, 0.15) is 15.9 Å². The zero-order valence-corrected chi connectivity index (χ0v) is 21.0. The highest BCUT2D eigenvalue weighted by Crippen LogP contribution is 2.32. The number of ether oxygens (including phenoxy) is 2. The molecule has 2 amide bonds. The number of benzene rings is 3. The van der Waals surface area contributed by atoms with E-state index in [-0.39, 0.29) is 33.9 Å².